The number of nitrogens with one attached hydrogen (secondary N) is 2. The molecule has 0 saturated heterocycles. The van der Waals surface area contributed by atoms with Crippen molar-refractivity contribution in [2.24, 2.45) is 0 Å². The van der Waals surface area contributed by atoms with Gasteiger partial charge in [0.05, 0.1) is 11.0 Å². The quantitative estimate of drug-likeness (QED) is 0.597. The molecule has 7 nitrogen and oxygen atoms in total. The number of carbonyl (C=O) groups is 2. The van der Waals surface area contributed by atoms with Crippen LogP contribution in [0.25, 0.3) is 0 Å². The fourth-order valence-electron chi connectivity index (χ4n) is 2.35. The molecule has 136 valence electrons. The number of rotatable bonds is 6. The van der Waals surface area contributed by atoms with E-state index in [1.165, 1.54) is 25.1 Å². The number of hydrogen-bond donors (Lipinski definition) is 2. The minimum atomic E-state index is -0.827. The van der Waals surface area contributed by atoms with Crippen LogP contribution >= 0.6 is 11.6 Å². The average molecular weight is 376 g/mol. The van der Waals surface area contributed by atoms with Gasteiger partial charge in [0.25, 0.3) is 11.6 Å². The normalized spacial score (nSPS) is 12.7. The molecule has 2 unspecified atom stereocenters. The van der Waals surface area contributed by atoms with E-state index in [2.05, 4.69) is 10.6 Å². The minimum absolute atomic E-state index is 0.109. The molecule has 26 heavy (non-hydrogen) atoms. The van der Waals surface area contributed by atoms with E-state index in [9.17, 15) is 19.7 Å². The van der Waals surface area contributed by atoms with E-state index >= 15 is 0 Å². The number of carbonyl (C=O) groups excluding carboxylic acids is 2. The lowest BCUT2D eigenvalue weighted by molar-refractivity contribution is -0.384. The summed E-state index contributed by atoms with van der Waals surface area (Å²) in [6.45, 7) is 3.32. The Hall–Kier alpha value is -2.93. The van der Waals surface area contributed by atoms with Crippen molar-refractivity contribution < 1.29 is 14.5 Å². The zero-order valence-electron chi connectivity index (χ0n) is 14.2. The Labute approximate surface area is 155 Å². The van der Waals surface area contributed by atoms with Crippen LogP contribution in [0.4, 0.5) is 5.69 Å². The average Bonchev–Trinajstić information content (AvgIpc) is 2.61. The molecule has 0 aliphatic carbocycles. The summed E-state index contributed by atoms with van der Waals surface area (Å²) in [6.07, 6.45) is 0. The largest absolute Gasteiger partial charge is 0.348 e. The number of nitro benzene ring substituents is 1. The highest BCUT2D eigenvalue weighted by Gasteiger charge is 2.20. The Balaban J connectivity index is 2.00. The van der Waals surface area contributed by atoms with Gasteiger partial charge < -0.3 is 10.6 Å². The van der Waals surface area contributed by atoms with E-state index in [-0.39, 0.29) is 17.3 Å². The van der Waals surface area contributed by atoms with Gasteiger partial charge in [-0.1, -0.05) is 35.9 Å². The molecule has 2 rings (SSSR count). The van der Waals surface area contributed by atoms with Crippen LogP contribution in [0.1, 0.15) is 35.8 Å². The second kappa shape index (κ2) is 8.44. The van der Waals surface area contributed by atoms with Gasteiger partial charge in [0.1, 0.15) is 6.04 Å². The van der Waals surface area contributed by atoms with Crippen molar-refractivity contribution in [1.29, 1.82) is 0 Å². The summed E-state index contributed by atoms with van der Waals surface area (Å²) >= 11 is 6.11. The van der Waals surface area contributed by atoms with Crippen molar-refractivity contribution in [3.63, 3.8) is 0 Å². The highest BCUT2D eigenvalue weighted by Crippen LogP contribution is 2.22. The molecule has 0 spiro atoms. The molecule has 0 fully saturated rings. The number of hydrogen-bond acceptors (Lipinski definition) is 4. The summed E-state index contributed by atoms with van der Waals surface area (Å²) in [5.74, 6) is -0.960. The molecule has 2 aromatic carbocycles. The second-order valence-corrected chi connectivity index (χ2v) is 6.16. The second-order valence-electron chi connectivity index (χ2n) is 5.75. The number of amides is 2. The molecule has 0 heterocycles. The van der Waals surface area contributed by atoms with Crippen LogP contribution in [-0.4, -0.2) is 22.8 Å². The van der Waals surface area contributed by atoms with Gasteiger partial charge in [-0.15, -0.1) is 0 Å². The first-order valence-corrected chi connectivity index (χ1v) is 8.27. The van der Waals surface area contributed by atoms with Gasteiger partial charge in [-0.25, -0.2) is 0 Å². The van der Waals surface area contributed by atoms with Crippen LogP contribution in [0.3, 0.4) is 0 Å². The van der Waals surface area contributed by atoms with E-state index in [4.69, 9.17) is 11.6 Å². The van der Waals surface area contributed by atoms with E-state index in [0.29, 0.717) is 5.02 Å². The number of halogens is 1. The third kappa shape index (κ3) is 4.80. The molecule has 0 radical (unpaired) electrons. The van der Waals surface area contributed by atoms with Crippen molar-refractivity contribution >= 4 is 29.1 Å². The van der Waals surface area contributed by atoms with Gasteiger partial charge in [-0.3, -0.25) is 19.7 Å². The summed E-state index contributed by atoms with van der Waals surface area (Å²) in [5.41, 5.74) is 0.680. The molecule has 2 aromatic rings. The first kappa shape index (κ1) is 19.4. The van der Waals surface area contributed by atoms with Crippen LogP contribution in [0, 0.1) is 10.1 Å². The lowest BCUT2D eigenvalue weighted by Gasteiger charge is -2.19. The topological polar surface area (TPSA) is 101 Å². The molecule has 0 aliphatic heterocycles. The zero-order valence-corrected chi connectivity index (χ0v) is 15.0. The summed E-state index contributed by atoms with van der Waals surface area (Å²) < 4.78 is 0. The van der Waals surface area contributed by atoms with Crippen LogP contribution in [-0.2, 0) is 4.79 Å². The fraction of sp³-hybridized carbons (Fsp3) is 0.222. The Bertz CT molecular complexity index is 841. The van der Waals surface area contributed by atoms with Crippen molar-refractivity contribution in [3.05, 3.63) is 74.8 Å². The van der Waals surface area contributed by atoms with Gasteiger partial charge in [0.2, 0.25) is 5.91 Å². The highest BCUT2D eigenvalue weighted by atomic mass is 35.5. The van der Waals surface area contributed by atoms with Gasteiger partial charge in [0, 0.05) is 22.7 Å². The summed E-state index contributed by atoms with van der Waals surface area (Å²) in [7, 11) is 0. The molecule has 2 N–H and O–H groups in total. The lowest BCUT2D eigenvalue weighted by Crippen LogP contribution is -2.45. The summed E-state index contributed by atoms with van der Waals surface area (Å²) in [6, 6.07) is 11.3. The van der Waals surface area contributed by atoms with Gasteiger partial charge in [-0.05, 0) is 31.5 Å². The number of nitrogens with zero attached hydrogens (tertiary/aromatic N) is 1. The molecular formula is C18H18ClN3O4. The van der Waals surface area contributed by atoms with Crippen LogP contribution in [0.2, 0.25) is 5.02 Å². The number of non-ortho nitro benzene ring substituents is 1. The van der Waals surface area contributed by atoms with Gasteiger partial charge in [0.15, 0.2) is 0 Å². The molecule has 0 bridgehead atoms. The monoisotopic (exact) mass is 375 g/mol. The molecule has 0 saturated carbocycles. The predicted octanol–water partition coefficient (Wildman–Crippen LogP) is 3.24. The predicted molar refractivity (Wildman–Crippen MR) is 98.0 cm³/mol. The Morgan fingerprint density at radius 2 is 1.77 bits per heavy atom. The van der Waals surface area contributed by atoms with Crippen LogP contribution in [0.5, 0.6) is 0 Å². The highest BCUT2D eigenvalue weighted by molar-refractivity contribution is 6.31. The van der Waals surface area contributed by atoms with Gasteiger partial charge >= 0.3 is 0 Å². The van der Waals surface area contributed by atoms with Crippen molar-refractivity contribution in [1.82, 2.24) is 10.6 Å². The first-order chi connectivity index (χ1) is 12.3. The standard InChI is InChI=1S/C18H18ClN3O4/c1-11(15-8-3-4-9-16(15)19)20-17(23)12(2)21-18(24)13-6-5-7-14(10-13)22(25)26/h3-12H,1-2H3,(H,20,23)(H,21,24). The van der Waals surface area contributed by atoms with Crippen LogP contribution < -0.4 is 10.6 Å². The van der Waals surface area contributed by atoms with E-state index in [0.717, 1.165) is 11.6 Å². The van der Waals surface area contributed by atoms with E-state index in [1.54, 1.807) is 25.1 Å². The molecule has 0 aromatic heterocycles. The number of benzene rings is 2. The third-order valence-corrected chi connectivity index (χ3v) is 4.13. The lowest BCUT2D eigenvalue weighted by atomic mass is 10.1. The summed E-state index contributed by atoms with van der Waals surface area (Å²) in [4.78, 5) is 34.7. The molecule has 2 atom stereocenters. The molecule has 2 amide bonds. The maximum absolute atomic E-state index is 12.3. The molecule has 8 heteroatoms. The number of nitro groups is 1. The third-order valence-electron chi connectivity index (χ3n) is 3.79. The zero-order chi connectivity index (χ0) is 19.3. The van der Waals surface area contributed by atoms with Crippen molar-refractivity contribution in [2.45, 2.75) is 25.9 Å². The van der Waals surface area contributed by atoms with Crippen molar-refractivity contribution in [3.8, 4) is 0 Å². The Morgan fingerprint density at radius 3 is 2.42 bits per heavy atom. The molecule has 0 aliphatic rings. The SMILES string of the molecule is CC(NC(=O)c1cccc([N+](=O)[O-])c1)C(=O)NC(C)c1ccccc1Cl. The van der Waals surface area contributed by atoms with E-state index < -0.39 is 22.8 Å². The Morgan fingerprint density at radius 1 is 1.08 bits per heavy atom. The van der Waals surface area contributed by atoms with E-state index in [1.807, 2.05) is 6.07 Å². The molecular weight excluding hydrogens is 358 g/mol. The van der Waals surface area contributed by atoms with Crippen LogP contribution in [0.15, 0.2) is 48.5 Å². The minimum Gasteiger partial charge on any atom is -0.348 e. The van der Waals surface area contributed by atoms with Gasteiger partial charge in [-0.2, -0.15) is 0 Å². The first-order valence-electron chi connectivity index (χ1n) is 7.89. The maximum atomic E-state index is 12.3. The maximum Gasteiger partial charge on any atom is 0.270 e. The summed E-state index contributed by atoms with van der Waals surface area (Å²) in [5, 5.41) is 16.6. The Kier molecular flexibility index (Phi) is 6.30. The smallest absolute Gasteiger partial charge is 0.270 e. The van der Waals surface area contributed by atoms with Crippen molar-refractivity contribution in [2.75, 3.05) is 0 Å². The fourth-order valence-corrected chi connectivity index (χ4v) is 2.65.